The molecule has 1 aromatic heterocycles. The summed E-state index contributed by atoms with van der Waals surface area (Å²) >= 11 is 0. The van der Waals surface area contributed by atoms with Gasteiger partial charge in [0, 0.05) is 24.4 Å². The Kier molecular flexibility index (Phi) is 3.05. The van der Waals surface area contributed by atoms with Gasteiger partial charge in [-0.2, -0.15) is 5.26 Å². The van der Waals surface area contributed by atoms with Crippen LogP contribution in [0, 0.1) is 24.2 Å². The first-order chi connectivity index (χ1) is 9.99. The molecule has 1 N–H and O–H groups in total. The first-order valence-electron chi connectivity index (χ1n) is 7.21. The average Bonchev–Trinajstić information content (AvgIpc) is 2.47. The first-order valence-corrected chi connectivity index (χ1v) is 7.21. The summed E-state index contributed by atoms with van der Waals surface area (Å²) in [5.41, 5.74) is 2.00. The predicted molar refractivity (Wildman–Crippen MR) is 78.8 cm³/mol. The van der Waals surface area contributed by atoms with Crippen molar-refractivity contribution in [2.24, 2.45) is 5.92 Å². The molecule has 2 aliphatic carbocycles. The summed E-state index contributed by atoms with van der Waals surface area (Å²) in [7, 11) is 1.86. The van der Waals surface area contributed by atoms with Crippen molar-refractivity contribution in [3.05, 3.63) is 28.7 Å². The molecular weight excluding hydrogens is 264 g/mol. The number of carbonyl (C=O) groups excluding carboxylic acids is 1. The molecule has 0 saturated heterocycles. The monoisotopic (exact) mass is 282 g/mol. The number of aromatic nitrogens is 2. The third kappa shape index (κ3) is 1.94. The quantitative estimate of drug-likeness (QED) is 0.853. The van der Waals surface area contributed by atoms with Crippen molar-refractivity contribution in [1.82, 2.24) is 9.97 Å². The summed E-state index contributed by atoms with van der Waals surface area (Å²) in [6.45, 7) is 3.96. The van der Waals surface area contributed by atoms with E-state index in [9.17, 15) is 10.1 Å². The van der Waals surface area contributed by atoms with Crippen molar-refractivity contribution < 1.29 is 4.79 Å². The third-order valence-electron chi connectivity index (χ3n) is 4.75. The van der Waals surface area contributed by atoms with Crippen LogP contribution in [0.25, 0.3) is 0 Å². The maximum absolute atomic E-state index is 12.0. The molecule has 21 heavy (non-hydrogen) atoms. The number of hydrogen-bond acceptors (Lipinski definition) is 5. The summed E-state index contributed by atoms with van der Waals surface area (Å²) in [5.74, 6) is 1.75. The zero-order valence-electron chi connectivity index (χ0n) is 12.5. The molecule has 0 aliphatic heterocycles. The molecule has 0 fully saturated rings. The number of ketones is 1. The van der Waals surface area contributed by atoms with Crippen LogP contribution in [0.15, 0.2) is 11.6 Å². The first kappa shape index (κ1) is 13.7. The van der Waals surface area contributed by atoms with E-state index in [1.165, 1.54) is 0 Å². The maximum atomic E-state index is 12.0. The Hall–Kier alpha value is -2.22. The summed E-state index contributed by atoms with van der Waals surface area (Å²) in [6.07, 6.45) is 4.06. The molecule has 0 radical (unpaired) electrons. The van der Waals surface area contributed by atoms with Gasteiger partial charge >= 0.3 is 0 Å². The van der Waals surface area contributed by atoms with Crippen molar-refractivity contribution >= 4 is 11.6 Å². The highest BCUT2D eigenvalue weighted by atomic mass is 16.1. The van der Waals surface area contributed by atoms with Crippen LogP contribution in [-0.2, 0) is 16.6 Å². The van der Waals surface area contributed by atoms with E-state index >= 15 is 0 Å². The van der Waals surface area contributed by atoms with Crippen LogP contribution in [0.4, 0.5) is 5.82 Å². The lowest BCUT2D eigenvalue weighted by Gasteiger charge is -2.42. The minimum atomic E-state index is -0.355. The van der Waals surface area contributed by atoms with Crippen LogP contribution in [0.3, 0.4) is 0 Å². The molecule has 2 atom stereocenters. The van der Waals surface area contributed by atoms with Gasteiger partial charge in [0.15, 0.2) is 5.78 Å². The fraction of sp³-hybridized carbons (Fsp3) is 0.500. The van der Waals surface area contributed by atoms with Crippen molar-refractivity contribution in [2.75, 3.05) is 12.4 Å². The number of rotatable bonds is 1. The number of nitrogens with zero attached hydrogens (tertiary/aromatic N) is 3. The molecule has 0 spiro atoms. The van der Waals surface area contributed by atoms with Crippen LogP contribution in [0.2, 0.25) is 0 Å². The van der Waals surface area contributed by atoms with Crippen LogP contribution in [0.5, 0.6) is 0 Å². The molecule has 0 saturated carbocycles. The lowest BCUT2D eigenvalue weighted by atomic mass is 9.61. The topological polar surface area (TPSA) is 78.7 Å². The second-order valence-corrected chi connectivity index (χ2v) is 6.01. The molecule has 0 amide bonds. The molecule has 5 heteroatoms. The third-order valence-corrected chi connectivity index (χ3v) is 4.75. The van der Waals surface area contributed by atoms with E-state index in [0.717, 1.165) is 29.9 Å². The van der Waals surface area contributed by atoms with Gasteiger partial charge in [0.2, 0.25) is 0 Å². The lowest BCUT2D eigenvalue weighted by molar-refractivity contribution is -0.117. The number of nitriles is 1. The summed E-state index contributed by atoms with van der Waals surface area (Å²) in [6, 6.07) is 2.04. The van der Waals surface area contributed by atoms with Gasteiger partial charge in [0.25, 0.3) is 0 Å². The maximum Gasteiger partial charge on any atom is 0.173 e. The number of fused-ring (bicyclic) bond motifs is 3. The number of Topliss-reactive ketones (excluding diaryl/α,β-unsaturated/α-hetero) is 1. The van der Waals surface area contributed by atoms with Gasteiger partial charge in [-0.3, -0.25) is 4.79 Å². The Labute approximate surface area is 124 Å². The molecular formula is C16H18N4O. The number of hydrogen-bond donors (Lipinski definition) is 1. The zero-order chi connectivity index (χ0) is 15.2. The highest BCUT2D eigenvalue weighted by Gasteiger charge is 2.45. The minimum absolute atomic E-state index is 0.0388. The van der Waals surface area contributed by atoms with E-state index < -0.39 is 0 Å². The van der Waals surface area contributed by atoms with Crippen LogP contribution in [-0.4, -0.2) is 22.8 Å². The fourth-order valence-electron chi connectivity index (χ4n) is 3.61. The zero-order valence-corrected chi connectivity index (χ0v) is 12.5. The van der Waals surface area contributed by atoms with E-state index in [2.05, 4.69) is 22.2 Å². The predicted octanol–water partition coefficient (Wildman–Crippen LogP) is 2.07. The highest BCUT2D eigenvalue weighted by Crippen LogP contribution is 2.47. The van der Waals surface area contributed by atoms with E-state index in [4.69, 9.17) is 0 Å². The number of nitrogens with one attached hydrogen (secondary N) is 1. The van der Waals surface area contributed by atoms with E-state index in [0.29, 0.717) is 12.2 Å². The molecule has 5 nitrogen and oxygen atoms in total. The van der Waals surface area contributed by atoms with Crippen LogP contribution >= 0.6 is 0 Å². The molecule has 3 rings (SSSR count). The van der Waals surface area contributed by atoms with Gasteiger partial charge in [0.05, 0.1) is 11.3 Å². The van der Waals surface area contributed by atoms with Gasteiger partial charge in [-0.1, -0.05) is 13.0 Å². The van der Waals surface area contributed by atoms with E-state index in [-0.39, 0.29) is 22.7 Å². The highest BCUT2D eigenvalue weighted by molar-refractivity contribution is 6.00. The smallest absolute Gasteiger partial charge is 0.173 e. The van der Waals surface area contributed by atoms with Gasteiger partial charge < -0.3 is 5.32 Å². The van der Waals surface area contributed by atoms with Gasteiger partial charge in [0.1, 0.15) is 17.7 Å². The number of allylic oxidation sites excluding steroid dienone is 2. The molecule has 2 unspecified atom stereocenters. The van der Waals surface area contributed by atoms with Crippen molar-refractivity contribution in [1.29, 1.82) is 5.26 Å². The Bertz CT molecular complexity index is 701. The Morgan fingerprint density at radius 2 is 2.24 bits per heavy atom. The summed E-state index contributed by atoms with van der Waals surface area (Å²) in [4.78, 5) is 21.1. The normalized spacial score (nSPS) is 27.2. The Balaban J connectivity index is 2.25. The lowest BCUT2D eigenvalue weighted by Crippen LogP contribution is -2.41. The number of anilines is 1. The minimum Gasteiger partial charge on any atom is -0.373 e. The van der Waals surface area contributed by atoms with E-state index in [1.807, 2.05) is 26.1 Å². The van der Waals surface area contributed by atoms with Crippen molar-refractivity contribution in [2.45, 2.75) is 38.5 Å². The van der Waals surface area contributed by atoms with Crippen LogP contribution in [0.1, 0.15) is 36.8 Å². The molecule has 1 heterocycles. The Morgan fingerprint density at radius 1 is 1.48 bits per heavy atom. The second kappa shape index (κ2) is 4.66. The van der Waals surface area contributed by atoms with Gasteiger partial charge in [-0.25, -0.2) is 9.97 Å². The average molecular weight is 282 g/mol. The van der Waals surface area contributed by atoms with Crippen LogP contribution < -0.4 is 5.32 Å². The fourth-order valence-corrected chi connectivity index (χ4v) is 3.61. The molecule has 1 aromatic rings. The SMILES string of the molecule is CNc1nc(C)nc2c1CCC1CC(=O)C(C#N)=CC21C. The van der Waals surface area contributed by atoms with Crippen molar-refractivity contribution in [3.8, 4) is 6.07 Å². The number of aryl methyl sites for hydroxylation is 1. The molecule has 0 aromatic carbocycles. The standard InChI is InChI=1S/C16H18N4O/c1-9-19-14-12(15(18-3)20-9)5-4-11-6-13(21)10(8-17)7-16(11,14)2/h7,11H,4-6H2,1-3H3,(H,18,19,20). The summed E-state index contributed by atoms with van der Waals surface area (Å²) in [5, 5.41) is 12.3. The van der Waals surface area contributed by atoms with Crippen molar-refractivity contribution in [3.63, 3.8) is 0 Å². The summed E-state index contributed by atoms with van der Waals surface area (Å²) < 4.78 is 0. The van der Waals surface area contributed by atoms with Gasteiger partial charge in [-0.15, -0.1) is 0 Å². The number of carbonyl (C=O) groups is 1. The second-order valence-electron chi connectivity index (χ2n) is 6.01. The van der Waals surface area contributed by atoms with E-state index in [1.54, 1.807) is 0 Å². The molecule has 108 valence electrons. The largest absolute Gasteiger partial charge is 0.373 e. The molecule has 0 bridgehead atoms. The molecule has 2 aliphatic rings. The Morgan fingerprint density at radius 3 is 2.90 bits per heavy atom. The van der Waals surface area contributed by atoms with Gasteiger partial charge in [-0.05, 0) is 25.7 Å².